The van der Waals surface area contributed by atoms with Gasteiger partial charge in [0.1, 0.15) is 5.75 Å². The topological polar surface area (TPSA) is 18.5 Å². The number of ether oxygens (including phenoxy) is 2. The molecule has 0 aromatic heterocycles. The molecule has 0 spiro atoms. The average Bonchev–Trinajstić information content (AvgIpc) is 2.20. The molecule has 0 saturated heterocycles. The van der Waals surface area contributed by atoms with Gasteiger partial charge in [-0.05, 0) is 12.1 Å². The third kappa shape index (κ3) is 6.54. The molecular formula is C9H8F6O2. The lowest BCUT2D eigenvalue weighted by Crippen LogP contribution is -2.17. The van der Waals surface area contributed by atoms with Gasteiger partial charge in [-0.2, -0.15) is 0 Å². The van der Waals surface area contributed by atoms with Crippen molar-refractivity contribution in [3.8, 4) is 11.5 Å². The third-order valence-electron chi connectivity index (χ3n) is 1.36. The lowest BCUT2D eigenvalue weighted by atomic mass is 10.3. The Bertz CT molecular complexity index is 339. The highest BCUT2D eigenvalue weighted by Crippen LogP contribution is 2.27. The van der Waals surface area contributed by atoms with E-state index < -0.39 is 24.9 Å². The number of rotatable bonds is 2. The van der Waals surface area contributed by atoms with Crippen molar-refractivity contribution in [2.75, 3.05) is 14.0 Å². The summed E-state index contributed by atoms with van der Waals surface area (Å²) in [6.45, 7) is -1.75. The van der Waals surface area contributed by atoms with Crippen LogP contribution in [0.4, 0.5) is 26.3 Å². The summed E-state index contributed by atoms with van der Waals surface area (Å²) < 4.78 is 75.2. The first-order valence-electron chi connectivity index (χ1n) is 4.05. The maximum absolute atomic E-state index is 12.9. The van der Waals surface area contributed by atoms with Crippen molar-refractivity contribution in [1.82, 2.24) is 0 Å². The van der Waals surface area contributed by atoms with Crippen molar-refractivity contribution in [3.63, 3.8) is 0 Å². The molecule has 2 nitrogen and oxygen atoms in total. The first-order chi connectivity index (χ1) is 7.84. The van der Waals surface area contributed by atoms with E-state index in [1.54, 1.807) is 0 Å². The summed E-state index contributed by atoms with van der Waals surface area (Å²) in [5.41, 5.74) is 0. The first kappa shape index (κ1) is 15.4. The van der Waals surface area contributed by atoms with Gasteiger partial charge in [0.15, 0.2) is 11.6 Å². The standard InChI is InChI=1S/C8H6F4O2.CH2F2/c1-13-5-2-3-7(6(9)4-5)14-8(10,11)12;2-1-3/h2-4H,1H3;1H2. The highest BCUT2D eigenvalue weighted by atomic mass is 19.4. The highest BCUT2D eigenvalue weighted by molar-refractivity contribution is 5.33. The Labute approximate surface area is 92.8 Å². The molecule has 0 saturated carbocycles. The molecule has 98 valence electrons. The number of methoxy groups -OCH3 is 1. The summed E-state index contributed by atoms with van der Waals surface area (Å²) in [5, 5.41) is 0. The van der Waals surface area contributed by atoms with Crippen LogP contribution in [0.1, 0.15) is 0 Å². The van der Waals surface area contributed by atoms with Crippen molar-refractivity contribution in [2.24, 2.45) is 0 Å². The normalized spacial score (nSPS) is 10.3. The number of hydrogen-bond donors (Lipinski definition) is 0. The van der Waals surface area contributed by atoms with Crippen LogP contribution in [0, 0.1) is 5.82 Å². The lowest BCUT2D eigenvalue weighted by Gasteiger charge is -2.09. The molecule has 0 bridgehead atoms. The zero-order chi connectivity index (χ0) is 13.5. The molecule has 1 aromatic carbocycles. The largest absolute Gasteiger partial charge is 0.573 e. The number of halogens is 6. The van der Waals surface area contributed by atoms with Crippen molar-refractivity contribution in [1.29, 1.82) is 0 Å². The Morgan fingerprint density at radius 1 is 1.18 bits per heavy atom. The fourth-order valence-electron chi connectivity index (χ4n) is 0.816. The van der Waals surface area contributed by atoms with Crippen LogP contribution in [0.15, 0.2) is 18.2 Å². The molecule has 0 heterocycles. The van der Waals surface area contributed by atoms with Crippen LogP contribution in [0.3, 0.4) is 0 Å². The van der Waals surface area contributed by atoms with E-state index >= 15 is 0 Å². The van der Waals surface area contributed by atoms with Gasteiger partial charge in [-0.25, -0.2) is 13.2 Å². The van der Waals surface area contributed by atoms with Gasteiger partial charge in [0, 0.05) is 6.07 Å². The highest BCUT2D eigenvalue weighted by Gasteiger charge is 2.32. The summed E-state index contributed by atoms with van der Waals surface area (Å²) in [4.78, 5) is 0. The van der Waals surface area contributed by atoms with Crippen LogP contribution in [0.5, 0.6) is 11.5 Å². The van der Waals surface area contributed by atoms with E-state index in [0.717, 1.165) is 12.1 Å². The number of alkyl halides is 5. The lowest BCUT2D eigenvalue weighted by molar-refractivity contribution is -0.275. The Hall–Kier alpha value is -1.60. The average molecular weight is 262 g/mol. The van der Waals surface area contributed by atoms with Gasteiger partial charge in [0.05, 0.1) is 7.11 Å². The second-order valence-electron chi connectivity index (χ2n) is 2.45. The molecule has 1 rings (SSSR count). The van der Waals surface area contributed by atoms with E-state index in [2.05, 4.69) is 9.47 Å². The van der Waals surface area contributed by atoms with Crippen LogP contribution in [-0.2, 0) is 0 Å². The molecule has 17 heavy (non-hydrogen) atoms. The Morgan fingerprint density at radius 2 is 1.71 bits per heavy atom. The molecule has 0 aliphatic carbocycles. The number of hydrogen-bond acceptors (Lipinski definition) is 2. The minimum absolute atomic E-state index is 0.122. The summed E-state index contributed by atoms with van der Waals surface area (Å²) in [6, 6.07) is 2.83. The van der Waals surface area contributed by atoms with Crippen molar-refractivity contribution in [2.45, 2.75) is 6.36 Å². The smallest absolute Gasteiger partial charge is 0.497 e. The van der Waals surface area contributed by atoms with E-state index in [-0.39, 0.29) is 5.75 Å². The summed E-state index contributed by atoms with van der Waals surface area (Å²) in [6.07, 6.45) is -4.89. The van der Waals surface area contributed by atoms with E-state index in [9.17, 15) is 26.3 Å². The van der Waals surface area contributed by atoms with Gasteiger partial charge in [0.2, 0.25) is 6.93 Å². The molecular weight excluding hydrogens is 254 g/mol. The van der Waals surface area contributed by atoms with Crippen LogP contribution < -0.4 is 9.47 Å². The molecule has 0 aliphatic rings. The summed E-state index contributed by atoms with van der Waals surface area (Å²) in [7, 11) is 1.28. The maximum Gasteiger partial charge on any atom is 0.573 e. The fourth-order valence-corrected chi connectivity index (χ4v) is 0.816. The minimum atomic E-state index is -4.89. The van der Waals surface area contributed by atoms with E-state index in [4.69, 9.17) is 0 Å². The van der Waals surface area contributed by atoms with Crippen molar-refractivity contribution >= 4 is 0 Å². The SMILES string of the molecule is COc1ccc(OC(F)(F)F)c(F)c1.FCF. The zero-order valence-corrected chi connectivity index (χ0v) is 8.52. The van der Waals surface area contributed by atoms with Crippen LogP contribution >= 0.6 is 0 Å². The van der Waals surface area contributed by atoms with Crippen LogP contribution in [-0.4, -0.2) is 20.4 Å². The van der Waals surface area contributed by atoms with Gasteiger partial charge in [-0.15, -0.1) is 13.2 Å². The second-order valence-corrected chi connectivity index (χ2v) is 2.45. The second kappa shape index (κ2) is 6.87. The van der Waals surface area contributed by atoms with E-state index in [1.807, 2.05) is 0 Å². The predicted molar refractivity (Wildman–Crippen MR) is 46.7 cm³/mol. The number of benzene rings is 1. The molecule has 1 aromatic rings. The Kier molecular flexibility index (Phi) is 6.22. The van der Waals surface area contributed by atoms with Crippen LogP contribution in [0.25, 0.3) is 0 Å². The van der Waals surface area contributed by atoms with Crippen molar-refractivity contribution < 1.29 is 35.8 Å². The molecule has 0 aliphatic heterocycles. The van der Waals surface area contributed by atoms with Gasteiger partial charge in [-0.3, -0.25) is 0 Å². The van der Waals surface area contributed by atoms with Gasteiger partial charge >= 0.3 is 6.36 Å². The van der Waals surface area contributed by atoms with E-state index in [0.29, 0.717) is 0 Å². The molecule has 0 unspecified atom stereocenters. The monoisotopic (exact) mass is 262 g/mol. The van der Waals surface area contributed by atoms with Gasteiger partial charge in [-0.1, -0.05) is 0 Å². The molecule has 0 N–H and O–H groups in total. The maximum atomic E-state index is 12.9. The first-order valence-corrected chi connectivity index (χ1v) is 4.05. The molecule has 8 heteroatoms. The Balaban J connectivity index is 0.000000770. The molecule has 0 radical (unpaired) electrons. The Morgan fingerprint density at radius 3 is 2.06 bits per heavy atom. The van der Waals surface area contributed by atoms with Crippen molar-refractivity contribution in [3.05, 3.63) is 24.0 Å². The molecule has 0 fully saturated rings. The van der Waals surface area contributed by atoms with Gasteiger partial charge in [0.25, 0.3) is 0 Å². The summed E-state index contributed by atoms with van der Waals surface area (Å²) >= 11 is 0. The quantitative estimate of drug-likeness (QED) is 0.758. The van der Waals surface area contributed by atoms with Gasteiger partial charge < -0.3 is 9.47 Å². The van der Waals surface area contributed by atoms with E-state index in [1.165, 1.54) is 13.2 Å². The fraction of sp³-hybridized carbons (Fsp3) is 0.333. The molecule has 0 atom stereocenters. The summed E-state index contributed by atoms with van der Waals surface area (Å²) in [5.74, 6) is -1.88. The third-order valence-corrected chi connectivity index (χ3v) is 1.36. The predicted octanol–water partition coefficient (Wildman–Crippen LogP) is 3.62. The minimum Gasteiger partial charge on any atom is -0.497 e. The zero-order valence-electron chi connectivity index (χ0n) is 8.52. The van der Waals surface area contributed by atoms with Crippen LogP contribution in [0.2, 0.25) is 0 Å². The molecule has 0 amide bonds.